The Hall–Kier alpha value is -0.790. The molecular formula is C17H33IN4O. The van der Waals surface area contributed by atoms with E-state index >= 15 is 0 Å². The van der Waals surface area contributed by atoms with Crippen LogP contribution in [0.1, 0.15) is 77.9 Å². The van der Waals surface area contributed by atoms with Gasteiger partial charge in [0, 0.05) is 12.0 Å². The highest BCUT2D eigenvalue weighted by Gasteiger charge is 2.18. The Labute approximate surface area is 157 Å². The molecule has 0 radical (unpaired) electrons. The Kier molecular flexibility index (Phi) is 11.3. The van der Waals surface area contributed by atoms with Crippen LogP contribution in [0.15, 0.2) is 15.6 Å². The molecule has 6 heteroatoms. The van der Waals surface area contributed by atoms with Gasteiger partial charge in [-0.05, 0) is 6.42 Å². The molecule has 0 aromatic carbocycles. The second kappa shape index (κ2) is 11.7. The van der Waals surface area contributed by atoms with Crippen LogP contribution >= 0.6 is 24.0 Å². The molecule has 0 saturated carbocycles. The van der Waals surface area contributed by atoms with Crippen molar-refractivity contribution in [1.82, 2.24) is 10.3 Å². The number of rotatable bonds is 9. The van der Waals surface area contributed by atoms with E-state index in [1.807, 2.05) is 0 Å². The molecule has 3 N–H and O–H groups in total. The first-order valence-corrected chi connectivity index (χ1v) is 8.42. The van der Waals surface area contributed by atoms with Crippen molar-refractivity contribution in [2.24, 2.45) is 10.7 Å². The standard InChI is InChI=1S/C17H32N4O.HI/c1-5-6-7-8-9-10-11-19-16(18)21-13-15-20-12-14(22-15)17(2,3)4;/h12H,5-11,13H2,1-4H3,(H3,18,19,21);1H. The fourth-order valence-electron chi connectivity index (χ4n) is 2.06. The highest BCUT2D eigenvalue weighted by molar-refractivity contribution is 14.0. The molecule has 1 aromatic heterocycles. The minimum atomic E-state index is -0.0312. The van der Waals surface area contributed by atoms with Crippen molar-refractivity contribution < 1.29 is 4.42 Å². The predicted octanol–water partition coefficient (Wildman–Crippen LogP) is 4.35. The minimum absolute atomic E-state index is 0. The number of unbranched alkanes of at least 4 members (excludes halogenated alkanes) is 5. The number of nitrogens with two attached hydrogens (primary N) is 1. The third-order valence-corrected chi connectivity index (χ3v) is 3.51. The van der Waals surface area contributed by atoms with Gasteiger partial charge in [-0.15, -0.1) is 24.0 Å². The highest BCUT2D eigenvalue weighted by Crippen LogP contribution is 2.22. The molecule has 0 amide bonds. The summed E-state index contributed by atoms with van der Waals surface area (Å²) in [5, 5.41) is 3.14. The van der Waals surface area contributed by atoms with E-state index in [4.69, 9.17) is 10.2 Å². The summed E-state index contributed by atoms with van der Waals surface area (Å²) in [6, 6.07) is 0. The molecule has 0 aliphatic heterocycles. The average molecular weight is 436 g/mol. The molecule has 0 spiro atoms. The third-order valence-electron chi connectivity index (χ3n) is 3.51. The molecule has 0 saturated heterocycles. The van der Waals surface area contributed by atoms with Gasteiger partial charge in [-0.2, -0.15) is 0 Å². The summed E-state index contributed by atoms with van der Waals surface area (Å²) in [5.74, 6) is 1.94. The molecule has 1 aromatic rings. The van der Waals surface area contributed by atoms with Gasteiger partial charge < -0.3 is 15.5 Å². The Bertz CT molecular complexity index is 452. The van der Waals surface area contributed by atoms with Crippen molar-refractivity contribution in [3.63, 3.8) is 0 Å². The van der Waals surface area contributed by atoms with Gasteiger partial charge in [-0.1, -0.05) is 59.8 Å². The van der Waals surface area contributed by atoms with Crippen LogP contribution in [0.3, 0.4) is 0 Å². The average Bonchev–Trinajstić information content (AvgIpc) is 2.93. The van der Waals surface area contributed by atoms with Crippen LogP contribution in [0, 0.1) is 0 Å². The van der Waals surface area contributed by atoms with E-state index in [1.165, 1.54) is 32.1 Å². The number of aliphatic imine (C=N–C) groups is 1. The van der Waals surface area contributed by atoms with Crippen molar-refractivity contribution in [2.45, 2.75) is 78.2 Å². The van der Waals surface area contributed by atoms with Gasteiger partial charge in [-0.25, -0.2) is 9.98 Å². The molecule has 0 fully saturated rings. The van der Waals surface area contributed by atoms with Crippen LogP contribution in [0.5, 0.6) is 0 Å². The van der Waals surface area contributed by atoms with Crippen molar-refractivity contribution >= 4 is 29.9 Å². The van der Waals surface area contributed by atoms with E-state index in [0.29, 0.717) is 18.4 Å². The Morgan fingerprint density at radius 2 is 1.87 bits per heavy atom. The molecule has 1 rings (SSSR count). The van der Waals surface area contributed by atoms with Crippen LogP contribution in [-0.4, -0.2) is 17.5 Å². The largest absolute Gasteiger partial charge is 0.443 e. The lowest BCUT2D eigenvalue weighted by Gasteiger charge is -2.12. The number of hydrogen-bond donors (Lipinski definition) is 2. The quantitative estimate of drug-likeness (QED) is 0.261. The zero-order chi connectivity index (χ0) is 16.4. The van der Waals surface area contributed by atoms with Gasteiger partial charge in [-0.3, -0.25) is 0 Å². The first kappa shape index (κ1) is 22.2. The van der Waals surface area contributed by atoms with Gasteiger partial charge in [0.15, 0.2) is 5.96 Å². The van der Waals surface area contributed by atoms with Crippen LogP contribution in [-0.2, 0) is 12.0 Å². The smallest absolute Gasteiger partial charge is 0.216 e. The Balaban J connectivity index is 0.00000484. The molecule has 5 nitrogen and oxygen atoms in total. The first-order valence-electron chi connectivity index (χ1n) is 8.42. The lowest BCUT2D eigenvalue weighted by atomic mass is 9.94. The molecule has 0 aliphatic rings. The second-order valence-corrected chi connectivity index (χ2v) is 6.76. The maximum Gasteiger partial charge on any atom is 0.216 e. The van der Waals surface area contributed by atoms with Gasteiger partial charge in [0.05, 0.1) is 6.20 Å². The summed E-state index contributed by atoms with van der Waals surface area (Å²) in [6.45, 7) is 9.77. The normalized spacial score (nSPS) is 12.1. The van der Waals surface area contributed by atoms with Gasteiger partial charge >= 0.3 is 0 Å². The number of hydrogen-bond acceptors (Lipinski definition) is 3. The van der Waals surface area contributed by atoms with E-state index in [-0.39, 0.29) is 29.4 Å². The van der Waals surface area contributed by atoms with Crippen LogP contribution < -0.4 is 11.1 Å². The molecule has 1 heterocycles. The van der Waals surface area contributed by atoms with Crippen LogP contribution in [0.2, 0.25) is 0 Å². The van der Waals surface area contributed by atoms with Crippen molar-refractivity contribution in [2.75, 3.05) is 6.54 Å². The van der Waals surface area contributed by atoms with E-state index in [9.17, 15) is 0 Å². The number of nitrogens with zero attached hydrogens (tertiary/aromatic N) is 2. The van der Waals surface area contributed by atoms with Crippen molar-refractivity contribution in [1.29, 1.82) is 0 Å². The SMILES string of the molecule is CCCCCCCCNC(N)=NCc1ncc(C(C)(C)C)o1.I. The topological polar surface area (TPSA) is 76.4 Å². The van der Waals surface area contributed by atoms with Crippen LogP contribution in [0.4, 0.5) is 0 Å². The molecule has 0 atom stereocenters. The van der Waals surface area contributed by atoms with E-state index < -0.39 is 0 Å². The summed E-state index contributed by atoms with van der Waals surface area (Å²) in [4.78, 5) is 8.50. The molecule has 134 valence electrons. The molecular weight excluding hydrogens is 403 g/mol. The lowest BCUT2D eigenvalue weighted by Crippen LogP contribution is -2.32. The Morgan fingerprint density at radius 1 is 1.22 bits per heavy atom. The summed E-state index contributed by atoms with van der Waals surface area (Å²) < 4.78 is 5.68. The molecule has 0 unspecified atom stereocenters. The summed E-state index contributed by atoms with van der Waals surface area (Å²) in [5.41, 5.74) is 5.81. The number of guanidine groups is 1. The summed E-state index contributed by atoms with van der Waals surface area (Å²) in [6.07, 6.45) is 9.41. The van der Waals surface area contributed by atoms with Gasteiger partial charge in [0.2, 0.25) is 5.89 Å². The Morgan fingerprint density at radius 3 is 2.48 bits per heavy atom. The molecule has 0 aliphatic carbocycles. The fraction of sp³-hybridized carbons (Fsp3) is 0.765. The van der Waals surface area contributed by atoms with E-state index in [2.05, 4.69) is 43.0 Å². The maximum absolute atomic E-state index is 5.85. The highest BCUT2D eigenvalue weighted by atomic mass is 127. The predicted molar refractivity (Wildman–Crippen MR) is 107 cm³/mol. The fourth-order valence-corrected chi connectivity index (χ4v) is 2.06. The zero-order valence-corrected chi connectivity index (χ0v) is 17.4. The van der Waals surface area contributed by atoms with Gasteiger partial charge in [0.1, 0.15) is 12.3 Å². The van der Waals surface area contributed by atoms with E-state index in [0.717, 1.165) is 18.7 Å². The number of oxazole rings is 1. The molecule has 23 heavy (non-hydrogen) atoms. The van der Waals surface area contributed by atoms with Crippen molar-refractivity contribution in [3.05, 3.63) is 17.8 Å². The monoisotopic (exact) mass is 436 g/mol. The number of nitrogens with one attached hydrogen (secondary N) is 1. The minimum Gasteiger partial charge on any atom is -0.443 e. The number of halogens is 1. The molecule has 0 bridgehead atoms. The lowest BCUT2D eigenvalue weighted by molar-refractivity contribution is 0.383. The third kappa shape index (κ3) is 9.84. The van der Waals surface area contributed by atoms with Crippen LogP contribution in [0.25, 0.3) is 0 Å². The number of aromatic nitrogens is 1. The van der Waals surface area contributed by atoms with Gasteiger partial charge in [0.25, 0.3) is 0 Å². The summed E-state index contributed by atoms with van der Waals surface area (Å²) >= 11 is 0. The maximum atomic E-state index is 5.85. The second-order valence-electron chi connectivity index (χ2n) is 6.76. The van der Waals surface area contributed by atoms with Crippen molar-refractivity contribution in [3.8, 4) is 0 Å². The first-order chi connectivity index (χ1) is 10.4. The van der Waals surface area contributed by atoms with E-state index in [1.54, 1.807) is 6.20 Å². The summed E-state index contributed by atoms with van der Waals surface area (Å²) in [7, 11) is 0. The zero-order valence-electron chi connectivity index (χ0n) is 15.0.